The third-order valence-electron chi connectivity index (χ3n) is 5.38. The van der Waals surface area contributed by atoms with Crippen LogP contribution in [0.3, 0.4) is 0 Å². The molecule has 0 fully saturated rings. The number of amides is 2. The van der Waals surface area contributed by atoms with Crippen LogP contribution in [0.4, 0.5) is 5.69 Å². The fourth-order valence-electron chi connectivity index (χ4n) is 3.34. The molecule has 0 bridgehead atoms. The van der Waals surface area contributed by atoms with Crippen LogP contribution in [0.1, 0.15) is 30.5 Å². The molecule has 0 radical (unpaired) electrons. The average Bonchev–Trinajstić information content (AvgIpc) is 2.73. The minimum absolute atomic E-state index is 0.0540. The van der Waals surface area contributed by atoms with E-state index in [9.17, 15) is 18.0 Å². The largest absolute Gasteiger partial charge is 0.355 e. The molecular formula is C23H29Cl2N3O4S. The van der Waals surface area contributed by atoms with Crippen molar-refractivity contribution in [1.29, 1.82) is 0 Å². The van der Waals surface area contributed by atoms with Gasteiger partial charge in [0.2, 0.25) is 21.8 Å². The number of anilines is 1. The lowest BCUT2D eigenvalue weighted by Crippen LogP contribution is -2.51. The summed E-state index contributed by atoms with van der Waals surface area (Å²) in [7, 11) is -3.78. The van der Waals surface area contributed by atoms with E-state index in [1.165, 1.54) is 4.90 Å². The second-order valence-corrected chi connectivity index (χ2v) is 10.6. The molecule has 33 heavy (non-hydrogen) atoms. The van der Waals surface area contributed by atoms with Crippen molar-refractivity contribution >= 4 is 50.7 Å². The SMILES string of the molecule is CCNC(=O)C(C)N(Cc1ccc(Cl)c(Cl)c1)C(=O)CN(c1cccc(C)c1C)S(C)(=O)=O. The van der Waals surface area contributed by atoms with Crippen LogP contribution in [0, 0.1) is 13.8 Å². The third-order valence-corrected chi connectivity index (χ3v) is 7.24. The summed E-state index contributed by atoms with van der Waals surface area (Å²) in [6.45, 7) is 7.06. The van der Waals surface area contributed by atoms with Crippen LogP contribution in [0.5, 0.6) is 0 Å². The number of sulfonamides is 1. The molecule has 10 heteroatoms. The monoisotopic (exact) mass is 513 g/mol. The Labute approximate surface area is 205 Å². The van der Waals surface area contributed by atoms with E-state index in [0.29, 0.717) is 27.8 Å². The van der Waals surface area contributed by atoms with Crippen LogP contribution >= 0.6 is 23.2 Å². The Morgan fingerprint density at radius 3 is 2.33 bits per heavy atom. The van der Waals surface area contributed by atoms with Crippen molar-refractivity contribution in [2.75, 3.05) is 23.7 Å². The molecule has 1 N–H and O–H groups in total. The van der Waals surface area contributed by atoms with Gasteiger partial charge in [-0.2, -0.15) is 0 Å². The summed E-state index contributed by atoms with van der Waals surface area (Å²) in [4.78, 5) is 27.4. The molecule has 0 heterocycles. The summed E-state index contributed by atoms with van der Waals surface area (Å²) >= 11 is 12.1. The van der Waals surface area contributed by atoms with Crippen molar-refractivity contribution in [3.63, 3.8) is 0 Å². The van der Waals surface area contributed by atoms with E-state index in [1.54, 1.807) is 51.1 Å². The summed E-state index contributed by atoms with van der Waals surface area (Å²) in [6.07, 6.45) is 1.05. The number of halogens is 2. The number of benzene rings is 2. The van der Waals surface area contributed by atoms with E-state index in [4.69, 9.17) is 23.2 Å². The van der Waals surface area contributed by atoms with E-state index in [0.717, 1.165) is 21.7 Å². The first-order chi connectivity index (χ1) is 15.4. The molecule has 7 nitrogen and oxygen atoms in total. The van der Waals surface area contributed by atoms with E-state index >= 15 is 0 Å². The molecular weight excluding hydrogens is 485 g/mol. The number of rotatable bonds is 9. The molecule has 2 aromatic carbocycles. The van der Waals surface area contributed by atoms with Gasteiger partial charge in [-0.05, 0) is 62.6 Å². The van der Waals surface area contributed by atoms with Crippen LogP contribution in [0.15, 0.2) is 36.4 Å². The predicted molar refractivity (Wildman–Crippen MR) is 133 cm³/mol. The summed E-state index contributed by atoms with van der Waals surface area (Å²) in [5, 5.41) is 3.40. The zero-order valence-electron chi connectivity index (χ0n) is 19.4. The molecule has 0 aliphatic heterocycles. The summed E-state index contributed by atoms with van der Waals surface area (Å²) in [5.74, 6) is -0.866. The lowest BCUT2D eigenvalue weighted by atomic mass is 10.1. The highest BCUT2D eigenvalue weighted by Crippen LogP contribution is 2.26. The van der Waals surface area contributed by atoms with Gasteiger partial charge in [-0.3, -0.25) is 13.9 Å². The number of hydrogen-bond acceptors (Lipinski definition) is 4. The van der Waals surface area contributed by atoms with Crippen molar-refractivity contribution in [2.45, 2.75) is 40.3 Å². The molecule has 1 atom stereocenters. The Kier molecular flexibility index (Phi) is 9.17. The van der Waals surface area contributed by atoms with Crippen molar-refractivity contribution in [1.82, 2.24) is 10.2 Å². The number of hydrogen-bond donors (Lipinski definition) is 1. The van der Waals surface area contributed by atoms with Gasteiger partial charge in [0.05, 0.1) is 22.0 Å². The summed E-state index contributed by atoms with van der Waals surface area (Å²) in [5.41, 5.74) is 2.73. The first kappa shape index (κ1) is 27.0. The average molecular weight is 514 g/mol. The van der Waals surface area contributed by atoms with Gasteiger partial charge < -0.3 is 10.2 Å². The Balaban J connectivity index is 2.45. The molecule has 0 saturated heterocycles. The molecule has 2 rings (SSSR count). The predicted octanol–water partition coefficient (Wildman–Crippen LogP) is 3.93. The Hall–Kier alpha value is -2.29. The van der Waals surface area contributed by atoms with Gasteiger partial charge in [0, 0.05) is 13.1 Å². The highest BCUT2D eigenvalue weighted by Gasteiger charge is 2.30. The van der Waals surface area contributed by atoms with Gasteiger partial charge in [-0.15, -0.1) is 0 Å². The molecule has 2 aromatic rings. The van der Waals surface area contributed by atoms with E-state index in [2.05, 4.69) is 5.32 Å². The zero-order chi connectivity index (χ0) is 24.9. The van der Waals surface area contributed by atoms with Gasteiger partial charge in [0.1, 0.15) is 12.6 Å². The number of aryl methyl sites for hydroxylation is 1. The molecule has 0 spiro atoms. The van der Waals surface area contributed by atoms with E-state index in [1.807, 2.05) is 13.0 Å². The van der Waals surface area contributed by atoms with Crippen molar-refractivity contribution in [3.8, 4) is 0 Å². The standard InChI is InChI=1S/C23H29Cl2N3O4S/c1-6-26-23(30)17(4)27(13-18-10-11-19(24)20(25)12-18)22(29)14-28(33(5,31)32)21-9-7-8-15(2)16(21)3/h7-12,17H,6,13-14H2,1-5H3,(H,26,30). The molecule has 0 aliphatic carbocycles. The molecule has 2 amide bonds. The minimum Gasteiger partial charge on any atom is -0.355 e. The first-order valence-corrected chi connectivity index (χ1v) is 13.0. The van der Waals surface area contributed by atoms with Gasteiger partial charge in [-0.25, -0.2) is 8.42 Å². The normalized spacial score (nSPS) is 12.2. The number of nitrogens with one attached hydrogen (secondary N) is 1. The summed E-state index contributed by atoms with van der Waals surface area (Å²) in [6, 6.07) is 9.36. The van der Waals surface area contributed by atoms with Crippen LogP contribution in [-0.4, -0.2) is 50.5 Å². The number of nitrogens with zero attached hydrogens (tertiary/aromatic N) is 2. The van der Waals surface area contributed by atoms with E-state index in [-0.39, 0.29) is 12.5 Å². The maximum Gasteiger partial charge on any atom is 0.244 e. The minimum atomic E-state index is -3.78. The van der Waals surface area contributed by atoms with Crippen molar-refractivity contribution in [2.24, 2.45) is 0 Å². The maximum atomic E-state index is 13.5. The topological polar surface area (TPSA) is 86.8 Å². The van der Waals surface area contributed by atoms with Gasteiger partial charge in [0.15, 0.2) is 0 Å². The Bertz CT molecular complexity index is 1140. The lowest BCUT2D eigenvalue weighted by molar-refractivity contribution is -0.139. The van der Waals surface area contributed by atoms with Crippen molar-refractivity contribution in [3.05, 3.63) is 63.1 Å². The number of likely N-dealkylation sites (N-methyl/N-ethyl adjacent to an activating group) is 1. The molecule has 0 aliphatic rings. The molecule has 1 unspecified atom stereocenters. The second-order valence-electron chi connectivity index (χ2n) is 7.83. The van der Waals surface area contributed by atoms with Crippen molar-refractivity contribution < 1.29 is 18.0 Å². The fraction of sp³-hybridized carbons (Fsp3) is 0.391. The van der Waals surface area contributed by atoms with Crippen LogP contribution in [0.2, 0.25) is 10.0 Å². The smallest absolute Gasteiger partial charge is 0.244 e. The van der Waals surface area contributed by atoms with Crippen LogP contribution in [-0.2, 0) is 26.2 Å². The Morgan fingerprint density at radius 1 is 1.09 bits per heavy atom. The number of carbonyl (C=O) groups excluding carboxylic acids is 2. The third kappa shape index (κ3) is 6.85. The molecule has 180 valence electrons. The number of carbonyl (C=O) groups is 2. The van der Waals surface area contributed by atoms with E-state index < -0.39 is 28.5 Å². The second kappa shape index (κ2) is 11.2. The molecule has 0 saturated carbocycles. The zero-order valence-corrected chi connectivity index (χ0v) is 21.7. The highest BCUT2D eigenvalue weighted by molar-refractivity contribution is 7.92. The van der Waals surface area contributed by atoms with Gasteiger partial charge >= 0.3 is 0 Å². The van der Waals surface area contributed by atoms with Crippen LogP contribution in [0.25, 0.3) is 0 Å². The maximum absolute atomic E-state index is 13.5. The first-order valence-electron chi connectivity index (χ1n) is 10.4. The van der Waals surface area contributed by atoms with Gasteiger partial charge in [0.25, 0.3) is 0 Å². The summed E-state index contributed by atoms with van der Waals surface area (Å²) < 4.78 is 26.4. The lowest BCUT2D eigenvalue weighted by Gasteiger charge is -2.32. The highest BCUT2D eigenvalue weighted by atomic mass is 35.5. The van der Waals surface area contributed by atoms with Crippen LogP contribution < -0.4 is 9.62 Å². The fourth-order valence-corrected chi connectivity index (χ4v) is 4.56. The quantitative estimate of drug-likeness (QED) is 0.550. The molecule has 0 aromatic heterocycles. The van der Waals surface area contributed by atoms with Gasteiger partial charge in [-0.1, -0.05) is 41.4 Å². The Morgan fingerprint density at radius 2 is 1.76 bits per heavy atom.